The predicted octanol–water partition coefficient (Wildman–Crippen LogP) is 6.52. The number of rotatable bonds is 1. The predicted molar refractivity (Wildman–Crippen MR) is 103 cm³/mol. The number of ether oxygens (including phenoxy) is 1. The molecule has 0 aliphatic rings. The average molecular weight is 322 g/mol. The van der Waals surface area contributed by atoms with E-state index in [4.69, 9.17) is 17.0 Å². The summed E-state index contributed by atoms with van der Waals surface area (Å²) in [5.41, 5.74) is 0. The van der Waals surface area contributed by atoms with Crippen molar-refractivity contribution in [3.8, 4) is 0 Å². The highest BCUT2D eigenvalue weighted by Gasteiger charge is 1.93. The van der Waals surface area contributed by atoms with Gasteiger partial charge in [-0.2, -0.15) is 0 Å². The summed E-state index contributed by atoms with van der Waals surface area (Å²) < 4.78 is 7.61. The number of pyridine rings is 1. The molecule has 1 aromatic heterocycles. The molecule has 0 radical (unpaired) electrons. The van der Waals surface area contributed by atoms with Crippen LogP contribution < -0.4 is 0 Å². The maximum atomic E-state index is 5.26. The smallest absolute Gasteiger partial charge is 0.113 e. The second-order valence-corrected chi connectivity index (χ2v) is 4.31. The van der Waals surface area contributed by atoms with Gasteiger partial charge in [-0.3, -0.25) is 0 Å². The Morgan fingerprint density at radius 2 is 1.64 bits per heavy atom. The standard InChI is InChI=1S/C10H9NS.C5H10O.2C2H6/c1-11-7-6-8-4-2-3-5-9(8)10(11)12;1-4-5(2)6-3;2*1-2/h2-7H,1H3;4H,1-3H3;2*1-2H3/b;5-4+;;. The van der Waals surface area contributed by atoms with Gasteiger partial charge in [0.2, 0.25) is 0 Å². The van der Waals surface area contributed by atoms with Gasteiger partial charge in [-0.1, -0.05) is 70.3 Å². The maximum Gasteiger partial charge on any atom is 0.113 e. The Balaban J connectivity index is 0. The second kappa shape index (κ2) is 14.3. The zero-order valence-corrected chi connectivity index (χ0v) is 16.1. The zero-order chi connectivity index (χ0) is 17.5. The van der Waals surface area contributed by atoms with Gasteiger partial charge in [0.15, 0.2) is 0 Å². The first-order chi connectivity index (χ1) is 10.6. The number of nitrogens with zero attached hydrogens (tertiary/aromatic N) is 1. The summed E-state index contributed by atoms with van der Waals surface area (Å²) in [6, 6.07) is 10.2. The Morgan fingerprint density at radius 1 is 1.09 bits per heavy atom. The number of methoxy groups -OCH3 is 1. The quantitative estimate of drug-likeness (QED) is 0.438. The van der Waals surface area contributed by atoms with Crippen molar-refractivity contribution in [2.45, 2.75) is 41.5 Å². The summed E-state index contributed by atoms with van der Waals surface area (Å²) in [5, 5.41) is 2.36. The van der Waals surface area contributed by atoms with Crippen LogP contribution in [-0.2, 0) is 11.8 Å². The minimum absolute atomic E-state index is 0.896. The van der Waals surface area contributed by atoms with E-state index in [0.29, 0.717) is 0 Å². The molecule has 0 amide bonds. The molecule has 1 aromatic carbocycles. The molecule has 0 N–H and O–H groups in total. The molecular weight excluding hydrogens is 290 g/mol. The summed E-state index contributed by atoms with van der Waals surface area (Å²) in [7, 11) is 3.63. The molecule has 0 unspecified atom stereocenters. The lowest BCUT2D eigenvalue weighted by Gasteiger charge is -2.01. The Bertz CT molecular complexity index is 600. The van der Waals surface area contributed by atoms with E-state index in [0.717, 1.165) is 15.8 Å². The summed E-state index contributed by atoms with van der Waals surface area (Å²) >= 11 is 5.26. The van der Waals surface area contributed by atoms with Crippen molar-refractivity contribution in [1.29, 1.82) is 0 Å². The number of hydrogen-bond donors (Lipinski definition) is 0. The molecule has 2 aromatic rings. The molecule has 124 valence electrons. The number of aryl methyl sites for hydroxylation is 1. The van der Waals surface area contributed by atoms with Crippen LogP contribution in [0.15, 0.2) is 48.4 Å². The highest BCUT2D eigenvalue weighted by molar-refractivity contribution is 7.71. The molecule has 2 rings (SSSR count). The Hall–Kier alpha value is -1.61. The first-order valence-electron chi connectivity index (χ1n) is 7.81. The average Bonchev–Trinajstić information content (AvgIpc) is 2.61. The molecule has 0 aliphatic carbocycles. The van der Waals surface area contributed by atoms with Crippen LogP contribution in [0.2, 0.25) is 0 Å². The molecule has 1 heterocycles. The second-order valence-electron chi connectivity index (χ2n) is 3.92. The van der Waals surface area contributed by atoms with E-state index in [1.54, 1.807) is 7.11 Å². The van der Waals surface area contributed by atoms with Crippen molar-refractivity contribution >= 4 is 23.0 Å². The van der Waals surface area contributed by atoms with E-state index in [9.17, 15) is 0 Å². The highest BCUT2D eigenvalue weighted by atomic mass is 32.1. The largest absolute Gasteiger partial charge is 0.502 e. The normalized spacial score (nSPS) is 9.36. The summed E-state index contributed by atoms with van der Waals surface area (Å²) in [6.45, 7) is 11.9. The number of fused-ring (bicyclic) bond motifs is 1. The fourth-order valence-corrected chi connectivity index (χ4v) is 1.65. The van der Waals surface area contributed by atoms with Crippen LogP contribution in [0, 0.1) is 4.64 Å². The third-order valence-electron chi connectivity index (χ3n) is 2.72. The Kier molecular flexibility index (Phi) is 14.8. The Morgan fingerprint density at radius 3 is 2.09 bits per heavy atom. The lowest BCUT2D eigenvalue weighted by Crippen LogP contribution is -1.90. The Labute approximate surface area is 141 Å². The third kappa shape index (κ3) is 7.99. The minimum atomic E-state index is 0.896. The third-order valence-corrected chi connectivity index (χ3v) is 3.23. The molecule has 2 nitrogen and oxygen atoms in total. The summed E-state index contributed by atoms with van der Waals surface area (Å²) in [6.07, 6.45) is 3.91. The number of benzene rings is 1. The van der Waals surface area contributed by atoms with Crippen molar-refractivity contribution in [1.82, 2.24) is 4.57 Å². The van der Waals surface area contributed by atoms with Crippen molar-refractivity contribution in [3.63, 3.8) is 0 Å². The molecule has 0 fully saturated rings. The molecule has 3 heteroatoms. The molecule has 0 bridgehead atoms. The van der Waals surface area contributed by atoms with E-state index in [2.05, 4.69) is 18.2 Å². The van der Waals surface area contributed by atoms with Crippen LogP contribution in [-0.4, -0.2) is 11.7 Å². The number of hydrogen-bond acceptors (Lipinski definition) is 2. The van der Waals surface area contributed by atoms with Gasteiger partial charge >= 0.3 is 0 Å². The van der Waals surface area contributed by atoms with E-state index < -0.39 is 0 Å². The van der Waals surface area contributed by atoms with Crippen molar-refractivity contribution < 1.29 is 4.74 Å². The maximum absolute atomic E-state index is 5.26. The number of allylic oxidation sites excluding steroid dienone is 2. The van der Waals surface area contributed by atoms with Crippen LogP contribution in [0.5, 0.6) is 0 Å². The van der Waals surface area contributed by atoms with Crippen LogP contribution in [0.1, 0.15) is 41.5 Å². The van der Waals surface area contributed by atoms with Gasteiger partial charge in [0.25, 0.3) is 0 Å². The van der Waals surface area contributed by atoms with Gasteiger partial charge in [-0.25, -0.2) is 0 Å². The van der Waals surface area contributed by atoms with Gasteiger partial charge in [0.05, 0.1) is 12.9 Å². The van der Waals surface area contributed by atoms with Gasteiger partial charge in [-0.05, 0) is 25.3 Å². The highest BCUT2D eigenvalue weighted by Crippen LogP contribution is 2.13. The summed E-state index contributed by atoms with van der Waals surface area (Å²) in [4.78, 5) is 0. The summed E-state index contributed by atoms with van der Waals surface area (Å²) in [5.74, 6) is 0.968. The van der Waals surface area contributed by atoms with E-state index in [-0.39, 0.29) is 0 Å². The zero-order valence-electron chi connectivity index (χ0n) is 15.3. The topological polar surface area (TPSA) is 14.2 Å². The van der Waals surface area contributed by atoms with Gasteiger partial charge < -0.3 is 9.30 Å². The lowest BCUT2D eigenvalue weighted by atomic mass is 10.2. The minimum Gasteiger partial charge on any atom is -0.502 e. The van der Waals surface area contributed by atoms with Gasteiger partial charge in [0, 0.05) is 18.6 Å². The molecule has 0 atom stereocenters. The monoisotopic (exact) mass is 321 g/mol. The van der Waals surface area contributed by atoms with E-state index in [1.165, 1.54) is 5.39 Å². The molecular formula is C19H31NOS. The van der Waals surface area contributed by atoms with E-state index >= 15 is 0 Å². The lowest BCUT2D eigenvalue weighted by molar-refractivity contribution is 0.293. The van der Waals surface area contributed by atoms with Crippen LogP contribution in [0.25, 0.3) is 10.8 Å². The fourth-order valence-electron chi connectivity index (χ4n) is 1.40. The number of aromatic nitrogens is 1. The molecule has 0 aliphatic heterocycles. The van der Waals surface area contributed by atoms with Crippen LogP contribution >= 0.6 is 12.2 Å². The first-order valence-corrected chi connectivity index (χ1v) is 8.22. The molecule has 22 heavy (non-hydrogen) atoms. The molecule has 0 spiro atoms. The van der Waals surface area contributed by atoms with Crippen molar-refractivity contribution in [3.05, 3.63) is 53.0 Å². The van der Waals surface area contributed by atoms with Gasteiger partial charge in [0.1, 0.15) is 4.64 Å². The van der Waals surface area contributed by atoms with Crippen molar-refractivity contribution in [2.75, 3.05) is 7.11 Å². The van der Waals surface area contributed by atoms with Crippen LogP contribution in [0.3, 0.4) is 0 Å². The first kappa shape index (κ1) is 22.7. The molecule has 0 saturated heterocycles. The molecule has 0 saturated carbocycles. The van der Waals surface area contributed by atoms with Crippen molar-refractivity contribution in [2.24, 2.45) is 7.05 Å². The fraction of sp³-hybridized carbons (Fsp3) is 0.421. The van der Waals surface area contributed by atoms with E-state index in [1.807, 2.05) is 77.6 Å². The SMILES string of the molecule is C/C=C(\C)OC.CC.CC.Cn1ccc2ccccc2c1=S. The van der Waals surface area contributed by atoms with Gasteiger partial charge in [-0.15, -0.1) is 0 Å². The van der Waals surface area contributed by atoms with Crippen LogP contribution in [0.4, 0.5) is 0 Å².